The van der Waals surface area contributed by atoms with Crippen molar-refractivity contribution < 1.29 is 14.3 Å². The highest BCUT2D eigenvalue weighted by molar-refractivity contribution is 7.97. The predicted octanol–water partition coefficient (Wildman–Crippen LogP) is 5.95. The van der Waals surface area contributed by atoms with Gasteiger partial charge in [0.25, 0.3) is 0 Å². The molecule has 7 nitrogen and oxygen atoms in total. The average Bonchev–Trinajstić information content (AvgIpc) is 3.09. The molecule has 0 bridgehead atoms. The van der Waals surface area contributed by atoms with E-state index in [0.717, 1.165) is 33.2 Å². The van der Waals surface area contributed by atoms with Gasteiger partial charge in [0.15, 0.2) is 0 Å². The van der Waals surface area contributed by atoms with E-state index in [2.05, 4.69) is 47.4 Å². The van der Waals surface area contributed by atoms with Gasteiger partial charge in [-0.1, -0.05) is 32.9 Å². The first-order valence-corrected chi connectivity index (χ1v) is 12.2. The molecule has 180 valence electrons. The Balaban J connectivity index is 0.000000890. The van der Waals surface area contributed by atoms with Crippen molar-refractivity contribution in [2.24, 2.45) is 5.92 Å². The molecule has 1 amide bonds. The molecule has 3 rings (SSSR count). The summed E-state index contributed by atoms with van der Waals surface area (Å²) in [5.41, 5.74) is 3.12. The minimum Gasteiger partial charge on any atom is -0.449 e. The van der Waals surface area contributed by atoms with Gasteiger partial charge in [0, 0.05) is 24.2 Å². The molecule has 0 aliphatic rings. The number of imidazole rings is 1. The molecule has 0 aliphatic heterocycles. The van der Waals surface area contributed by atoms with E-state index in [9.17, 15) is 4.79 Å². The number of pyridine rings is 1. The molecule has 1 aromatic carbocycles. The Morgan fingerprint density at radius 3 is 2.45 bits per heavy atom. The van der Waals surface area contributed by atoms with Crippen LogP contribution in [0.25, 0.3) is 11.0 Å². The summed E-state index contributed by atoms with van der Waals surface area (Å²) in [5.74, 6) is 1.79. The summed E-state index contributed by atoms with van der Waals surface area (Å²) in [6.45, 7) is 14.8. The number of rotatable bonds is 9. The number of carbonyl (C=O) groups is 1. The molecular formula is C25H36N4O3S. The van der Waals surface area contributed by atoms with Crippen molar-refractivity contribution in [1.82, 2.24) is 18.8 Å². The third-order valence-electron chi connectivity index (χ3n) is 4.34. The fourth-order valence-corrected chi connectivity index (χ4v) is 3.72. The number of fused-ring (bicyclic) bond motifs is 1. The van der Waals surface area contributed by atoms with Crippen molar-refractivity contribution in [2.45, 2.75) is 53.0 Å². The van der Waals surface area contributed by atoms with Crippen molar-refractivity contribution in [1.29, 1.82) is 0 Å². The molecule has 33 heavy (non-hydrogen) atoms. The van der Waals surface area contributed by atoms with Crippen LogP contribution in [-0.4, -0.2) is 51.3 Å². The van der Waals surface area contributed by atoms with Crippen LogP contribution in [0, 0.1) is 12.8 Å². The lowest BCUT2D eigenvalue weighted by Crippen LogP contribution is -2.28. The molecule has 0 fully saturated rings. The Labute approximate surface area is 201 Å². The standard InChI is InChI=1S/C21H26N4O3S.C4H10/c1-4-27-13-12-25(21(26)28-5-2)29-18-8-6-17(7-9-18)15-24-16(3)23-19-10-11-22-14-20(19)24;1-4(2)3/h6-11,14H,4-5,12-13,15H2,1-3H3;4H,1-3H3. The molecule has 0 saturated carbocycles. The monoisotopic (exact) mass is 472 g/mol. The van der Waals surface area contributed by atoms with Gasteiger partial charge in [-0.15, -0.1) is 0 Å². The van der Waals surface area contributed by atoms with Crippen LogP contribution in [0.4, 0.5) is 4.79 Å². The topological polar surface area (TPSA) is 69.5 Å². The van der Waals surface area contributed by atoms with Crippen molar-refractivity contribution in [2.75, 3.05) is 26.4 Å². The van der Waals surface area contributed by atoms with E-state index >= 15 is 0 Å². The zero-order valence-electron chi connectivity index (χ0n) is 20.6. The van der Waals surface area contributed by atoms with E-state index in [-0.39, 0.29) is 6.09 Å². The number of hydrogen-bond donors (Lipinski definition) is 0. The number of ether oxygens (including phenoxy) is 2. The third kappa shape index (κ3) is 8.70. The normalized spacial score (nSPS) is 10.8. The summed E-state index contributed by atoms with van der Waals surface area (Å²) < 4.78 is 14.3. The molecular weight excluding hydrogens is 436 g/mol. The van der Waals surface area contributed by atoms with Crippen molar-refractivity contribution in [3.05, 3.63) is 54.1 Å². The van der Waals surface area contributed by atoms with Gasteiger partial charge >= 0.3 is 6.09 Å². The number of amides is 1. The third-order valence-corrected chi connectivity index (χ3v) is 5.37. The first-order chi connectivity index (χ1) is 15.8. The first-order valence-electron chi connectivity index (χ1n) is 11.4. The minimum absolute atomic E-state index is 0.344. The van der Waals surface area contributed by atoms with E-state index < -0.39 is 0 Å². The van der Waals surface area contributed by atoms with Gasteiger partial charge in [-0.05, 0) is 62.4 Å². The van der Waals surface area contributed by atoms with E-state index in [1.54, 1.807) is 17.4 Å². The van der Waals surface area contributed by atoms with E-state index in [0.29, 0.717) is 32.9 Å². The van der Waals surface area contributed by atoms with Crippen LogP contribution in [0.5, 0.6) is 0 Å². The van der Waals surface area contributed by atoms with E-state index in [1.165, 1.54) is 11.9 Å². The highest BCUT2D eigenvalue weighted by Crippen LogP contribution is 2.24. The summed E-state index contributed by atoms with van der Waals surface area (Å²) in [7, 11) is 0. The molecule has 0 saturated heterocycles. The fourth-order valence-electron chi connectivity index (χ4n) is 2.92. The Morgan fingerprint density at radius 1 is 1.12 bits per heavy atom. The Hall–Kier alpha value is -2.58. The molecule has 8 heteroatoms. The second-order valence-electron chi connectivity index (χ2n) is 8.07. The lowest BCUT2D eigenvalue weighted by atomic mass is 10.2. The average molecular weight is 473 g/mol. The fraction of sp³-hybridized carbons (Fsp3) is 0.480. The molecule has 0 atom stereocenters. The molecule has 0 unspecified atom stereocenters. The van der Waals surface area contributed by atoms with Gasteiger partial charge in [0.05, 0.1) is 37.0 Å². The van der Waals surface area contributed by atoms with E-state index in [4.69, 9.17) is 9.47 Å². The number of hydrogen-bond acceptors (Lipinski definition) is 6. The van der Waals surface area contributed by atoms with Gasteiger partial charge in [-0.2, -0.15) is 0 Å². The molecule has 2 heterocycles. The van der Waals surface area contributed by atoms with Crippen molar-refractivity contribution in [3.8, 4) is 0 Å². The van der Waals surface area contributed by atoms with Crippen LogP contribution in [0.15, 0.2) is 47.6 Å². The summed E-state index contributed by atoms with van der Waals surface area (Å²) in [4.78, 5) is 22.0. The van der Waals surface area contributed by atoms with Gasteiger partial charge in [0.1, 0.15) is 5.82 Å². The molecule has 0 aliphatic carbocycles. The second kappa shape index (κ2) is 13.9. The maximum absolute atomic E-state index is 12.2. The first kappa shape index (κ1) is 26.7. The van der Waals surface area contributed by atoms with Crippen LogP contribution in [0.1, 0.15) is 46.0 Å². The summed E-state index contributed by atoms with van der Waals surface area (Å²) in [5, 5.41) is 0. The van der Waals surface area contributed by atoms with Gasteiger partial charge < -0.3 is 14.0 Å². The molecule has 0 radical (unpaired) electrons. The highest BCUT2D eigenvalue weighted by atomic mass is 32.2. The van der Waals surface area contributed by atoms with Crippen molar-refractivity contribution in [3.63, 3.8) is 0 Å². The largest absolute Gasteiger partial charge is 0.449 e. The summed E-state index contributed by atoms with van der Waals surface area (Å²) in [6.07, 6.45) is 3.25. The van der Waals surface area contributed by atoms with Gasteiger partial charge in [0.2, 0.25) is 0 Å². The zero-order chi connectivity index (χ0) is 24.2. The quantitative estimate of drug-likeness (QED) is 0.283. The molecule has 3 aromatic rings. The molecule has 0 N–H and O–H groups in total. The molecule has 0 spiro atoms. The van der Waals surface area contributed by atoms with Crippen LogP contribution in [0.2, 0.25) is 0 Å². The number of nitrogens with zero attached hydrogens (tertiary/aromatic N) is 4. The van der Waals surface area contributed by atoms with Crippen LogP contribution in [0.3, 0.4) is 0 Å². The van der Waals surface area contributed by atoms with Crippen LogP contribution >= 0.6 is 11.9 Å². The lowest BCUT2D eigenvalue weighted by molar-refractivity contribution is 0.109. The van der Waals surface area contributed by atoms with Crippen molar-refractivity contribution >= 4 is 29.1 Å². The molecule has 2 aromatic heterocycles. The highest BCUT2D eigenvalue weighted by Gasteiger charge is 2.16. The Morgan fingerprint density at radius 2 is 1.82 bits per heavy atom. The zero-order valence-corrected chi connectivity index (χ0v) is 21.4. The Kier molecular flexibility index (Phi) is 11.2. The minimum atomic E-state index is -0.353. The summed E-state index contributed by atoms with van der Waals surface area (Å²) >= 11 is 1.36. The predicted molar refractivity (Wildman–Crippen MR) is 134 cm³/mol. The Bertz CT molecular complexity index is 986. The van der Waals surface area contributed by atoms with Crippen LogP contribution in [-0.2, 0) is 16.0 Å². The maximum Gasteiger partial charge on any atom is 0.420 e. The second-order valence-corrected chi connectivity index (χ2v) is 9.17. The van der Waals surface area contributed by atoms with Gasteiger partial charge in [-0.3, -0.25) is 4.98 Å². The number of aromatic nitrogens is 3. The number of aryl methyl sites for hydroxylation is 1. The SMILES string of the molecule is CC(C)C.CCOCCN(Sc1ccc(Cn2c(C)nc3ccncc32)cc1)C(=O)OCC. The summed E-state index contributed by atoms with van der Waals surface area (Å²) in [6, 6.07) is 10.1. The van der Waals surface area contributed by atoms with E-state index in [1.807, 2.05) is 38.2 Å². The number of benzene rings is 1. The smallest absolute Gasteiger partial charge is 0.420 e. The maximum atomic E-state index is 12.2. The van der Waals surface area contributed by atoms with Gasteiger partial charge in [-0.25, -0.2) is 14.1 Å². The number of carbonyl (C=O) groups excluding carboxylic acids is 1. The lowest BCUT2D eigenvalue weighted by Gasteiger charge is -2.20. The van der Waals surface area contributed by atoms with Crippen LogP contribution < -0.4 is 0 Å².